The predicted molar refractivity (Wildman–Crippen MR) is 165 cm³/mol. The second kappa shape index (κ2) is 12.5. The number of hydrogen-bond donors (Lipinski definition) is 2. The Hall–Kier alpha value is -3.26. The summed E-state index contributed by atoms with van der Waals surface area (Å²) >= 11 is 0. The molecule has 8 heteroatoms. The van der Waals surface area contributed by atoms with Crippen molar-refractivity contribution in [3.63, 3.8) is 0 Å². The van der Waals surface area contributed by atoms with Gasteiger partial charge >= 0.3 is 0 Å². The van der Waals surface area contributed by atoms with Gasteiger partial charge in [0.05, 0.1) is 24.5 Å². The molecule has 1 aromatic carbocycles. The molecule has 1 aliphatic carbocycles. The van der Waals surface area contributed by atoms with Crippen molar-refractivity contribution in [1.29, 1.82) is 0 Å². The molecule has 1 saturated carbocycles. The number of amides is 1. The third-order valence-electron chi connectivity index (χ3n) is 8.94. The SMILES string of the molecule is C=C(/N=C1\C(=C/C)N(C)C(=C)[C@](C)(CC)CN1C1CCCCC1)Nc1ccc(C(=O)NC2CN(C)C2)cc1OC. The first-order valence-electron chi connectivity index (χ1n) is 14.7. The molecule has 0 radical (unpaired) electrons. The lowest BCUT2D eigenvalue weighted by Gasteiger charge is -2.40. The first-order chi connectivity index (χ1) is 19.1. The maximum atomic E-state index is 12.8. The number of ether oxygens (including phenoxy) is 1. The summed E-state index contributed by atoms with van der Waals surface area (Å²) in [7, 11) is 5.75. The van der Waals surface area contributed by atoms with Crippen molar-refractivity contribution in [3.8, 4) is 5.75 Å². The summed E-state index contributed by atoms with van der Waals surface area (Å²) in [5.41, 5.74) is 3.36. The molecule has 2 N–H and O–H groups in total. The van der Waals surface area contributed by atoms with Crippen LogP contribution < -0.4 is 15.4 Å². The molecule has 1 amide bonds. The first kappa shape index (κ1) is 29.7. The van der Waals surface area contributed by atoms with Crippen LogP contribution >= 0.6 is 0 Å². The van der Waals surface area contributed by atoms with Crippen LogP contribution in [0, 0.1) is 5.41 Å². The molecule has 8 nitrogen and oxygen atoms in total. The highest BCUT2D eigenvalue weighted by Gasteiger charge is 2.40. The number of allylic oxidation sites excluding steroid dienone is 1. The molecule has 2 heterocycles. The van der Waals surface area contributed by atoms with E-state index < -0.39 is 0 Å². The zero-order valence-electron chi connectivity index (χ0n) is 25.3. The van der Waals surface area contributed by atoms with Crippen LogP contribution in [0.25, 0.3) is 0 Å². The molecule has 0 aromatic heterocycles. The minimum Gasteiger partial charge on any atom is -0.495 e. The summed E-state index contributed by atoms with van der Waals surface area (Å²) in [6, 6.07) is 6.06. The molecule has 2 aliphatic heterocycles. The lowest BCUT2D eigenvalue weighted by molar-refractivity contribution is 0.0857. The number of methoxy groups -OCH3 is 1. The molecule has 2 saturated heterocycles. The number of nitrogens with one attached hydrogen (secondary N) is 2. The quantitative estimate of drug-likeness (QED) is 0.451. The Bertz CT molecular complexity index is 1180. The van der Waals surface area contributed by atoms with E-state index in [2.05, 4.69) is 72.4 Å². The number of rotatable bonds is 8. The van der Waals surface area contributed by atoms with Crippen molar-refractivity contribution >= 4 is 17.4 Å². The fraction of sp³-hybridized carbons (Fsp3) is 0.562. The average molecular weight is 549 g/mol. The Balaban J connectivity index is 1.61. The molecule has 3 aliphatic rings. The number of aliphatic imine (C=N–C) groups is 1. The molecule has 4 rings (SSSR count). The van der Waals surface area contributed by atoms with Crippen molar-refractivity contribution in [3.05, 3.63) is 60.2 Å². The summed E-state index contributed by atoms with van der Waals surface area (Å²) in [6.07, 6.45) is 9.24. The van der Waals surface area contributed by atoms with E-state index >= 15 is 0 Å². The number of likely N-dealkylation sites (N-methyl/N-ethyl adjacent to an activating group) is 2. The highest BCUT2D eigenvalue weighted by atomic mass is 16.5. The van der Waals surface area contributed by atoms with E-state index in [9.17, 15) is 4.79 Å². The van der Waals surface area contributed by atoms with Gasteiger partial charge in [0.15, 0.2) is 5.84 Å². The second-order valence-corrected chi connectivity index (χ2v) is 11.8. The van der Waals surface area contributed by atoms with E-state index in [0.717, 1.165) is 43.3 Å². The fourth-order valence-electron chi connectivity index (χ4n) is 6.15. The smallest absolute Gasteiger partial charge is 0.251 e. The van der Waals surface area contributed by atoms with Gasteiger partial charge in [0.2, 0.25) is 0 Å². The summed E-state index contributed by atoms with van der Waals surface area (Å²) in [6.45, 7) is 18.0. The molecular weight excluding hydrogens is 500 g/mol. The van der Waals surface area contributed by atoms with Crippen molar-refractivity contribution in [2.75, 3.05) is 46.2 Å². The molecule has 1 aromatic rings. The maximum absolute atomic E-state index is 12.8. The van der Waals surface area contributed by atoms with E-state index in [-0.39, 0.29) is 17.4 Å². The number of carbonyl (C=O) groups excluding carboxylic acids is 1. The molecule has 0 bridgehead atoms. The fourth-order valence-corrected chi connectivity index (χ4v) is 6.15. The third-order valence-corrected chi connectivity index (χ3v) is 8.94. The van der Waals surface area contributed by atoms with Crippen molar-refractivity contribution in [2.24, 2.45) is 10.4 Å². The minimum absolute atomic E-state index is 0.0684. The molecule has 40 heavy (non-hydrogen) atoms. The van der Waals surface area contributed by atoms with Gasteiger partial charge in [-0.05, 0) is 51.4 Å². The van der Waals surface area contributed by atoms with Crippen LogP contribution in [0.5, 0.6) is 5.75 Å². The van der Waals surface area contributed by atoms with Crippen LogP contribution in [0.3, 0.4) is 0 Å². The van der Waals surface area contributed by atoms with E-state index in [1.54, 1.807) is 13.2 Å². The number of benzene rings is 1. The van der Waals surface area contributed by atoms with Gasteiger partial charge in [-0.25, -0.2) is 4.99 Å². The van der Waals surface area contributed by atoms with Gasteiger partial charge in [0, 0.05) is 49.4 Å². The summed E-state index contributed by atoms with van der Waals surface area (Å²) < 4.78 is 5.66. The highest BCUT2D eigenvalue weighted by Crippen LogP contribution is 2.40. The molecule has 0 spiro atoms. The summed E-state index contributed by atoms with van der Waals surface area (Å²) in [4.78, 5) is 24.8. The number of nitrogens with zero attached hydrogens (tertiary/aromatic N) is 4. The summed E-state index contributed by atoms with van der Waals surface area (Å²) in [5.74, 6) is 1.92. The Kier molecular flexibility index (Phi) is 9.29. The minimum atomic E-state index is -0.0939. The van der Waals surface area contributed by atoms with Crippen molar-refractivity contribution in [1.82, 2.24) is 20.0 Å². The molecule has 3 fully saturated rings. The Labute approximate surface area is 240 Å². The number of carbonyl (C=O) groups is 1. The van der Waals surface area contributed by atoms with E-state index in [0.29, 0.717) is 28.9 Å². The zero-order valence-corrected chi connectivity index (χ0v) is 25.3. The first-order valence-corrected chi connectivity index (χ1v) is 14.7. The van der Waals surface area contributed by atoms with Crippen LogP contribution in [0.15, 0.2) is 59.6 Å². The monoisotopic (exact) mass is 548 g/mol. The highest BCUT2D eigenvalue weighted by molar-refractivity contribution is 5.99. The standard InChI is InChI=1S/C32H48N6O2/c1-9-28-30(38(26-14-12-11-13-15-26)21-32(5,10-2)22(3)37(28)7)34-23(4)33-27-17-16-24(18-29(27)40-8)31(39)35-25-19-36(6)20-25/h9,16-18,25-26,33H,3-4,10-15,19-21H2,1-2,5-8H3,(H,35,39)/b28-9+,34-30+/t32-/m1/s1. The predicted octanol–water partition coefficient (Wildman–Crippen LogP) is 5.43. The zero-order chi connectivity index (χ0) is 29.0. The van der Waals surface area contributed by atoms with Gasteiger partial charge < -0.3 is 30.1 Å². The molecular formula is C32H48N6O2. The maximum Gasteiger partial charge on any atom is 0.251 e. The van der Waals surface area contributed by atoms with Crippen LogP contribution in [-0.2, 0) is 0 Å². The van der Waals surface area contributed by atoms with Crippen molar-refractivity contribution in [2.45, 2.75) is 71.4 Å². The van der Waals surface area contributed by atoms with E-state index in [1.165, 1.54) is 32.1 Å². The van der Waals surface area contributed by atoms with Gasteiger partial charge in [0.1, 0.15) is 11.6 Å². The largest absolute Gasteiger partial charge is 0.495 e. The Morgan fingerprint density at radius 3 is 2.52 bits per heavy atom. The van der Waals surface area contributed by atoms with Gasteiger partial charge in [-0.2, -0.15) is 0 Å². The molecule has 1 atom stereocenters. The number of likely N-dealkylation sites (tertiary alicyclic amines) is 1. The van der Waals surface area contributed by atoms with Crippen LogP contribution in [0.2, 0.25) is 0 Å². The van der Waals surface area contributed by atoms with Crippen molar-refractivity contribution < 1.29 is 9.53 Å². The summed E-state index contributed by atoms with van der Waals surface area (Å²) in [5, 5.41) is 6.43. The number of amidine groups is 1. The molecule has 0 unspecified atom stereocenters. The lowest BCUT2D eigenvalue weighted by Crippen LogP contribution is -2.57. The van der Waals surface area contributed by atoms with Crippen LogP contribution in [-0.4, -0.2) is 79.4 Å². The topological polar surface area (TPSA) is 72.4 Å². The Morgan fingerprint density at radius 1 is 1.23 bits per heavy atom. The van der Waals surface area contributed by atoms with E-state index in [4.69, 9.17) is 9.73 Å². The van der Waals surface area contributed by atoms with Gasteiger partial charge in [0.25, 0.3) is 5.91 Å². The second-order valence-electron chi connectivity index (χ2n) is 11.8. The van der Waals surface area contributed by atoms with Gasteiger partial charge in [-0.3, -0.25) is 4.79 Å². The Morgan fingerprint density at radius 2 is 1.93 bits per heavy atom. The van der Waals surface area contributed by atoms with Crippen LogP contribution in [0.4, 0.5) is 5.69 Å². The number of hydrogen-bond acceptors (Lipinski definition) is 6. The third kappa shape index (κ3) is 6.22. The molecule has 218 valence electrons. The normalized spacial score (nSPS) is 25.1. The lowest BCUT2D eigenvalue weighted by atomic mass is 9.82. The van der Waals surface area contributed by atoms with Gasteiger partial charge in [-0.1, -0.05) is 52.3 Å². The van der Waals surface area contributed by atoms with Gasteiger partial charge in [-0.15, -0.1) is 0 Å². The van der Waals surface area contributed by atoms with Crippen LogP contribution in [0.1, 0.15) is 69.7 Å². The number of anilines is 1. The van der Waals surface area contributed by atoms with E-state index in [1.807, 2.05) is 19.2 Å². The average Bonchev–Trinajstić information content (AvgIpc) is 3.01.